The predicted molar refractivity (Wildman–Crippen MR) is 138 cm³/mol. The van der Waals surface area contributed by atoms with E-state index in [0.29, 0.717) is 19.8 Å². The van der Waals surface area contributed by atoms with Crippen LogP contribution in [0.15, 0.2) is 51.5 Å². The number of ketones is 1. The van der Waals surface area contributed by atoms with Crippen LogP contribution in [0.3, 0.4) is 0 Å². The number of alkyl halides is 4. The number of halogens is 6. The van der Waals surface area contributed by atoms with Crippen molar-refractivity contribution in [2.24, 2.45) is 0 Å². The second kappa shape index (κ2) is 14.4. The summed E-state index contributed by atoms with van der Waals surface area (Å²) in [5, 5.41) is 17.6. The predicted octanol–water partition coefficient (Wildman–Crippen LogP) is 7.64. The van der Waals surface area contributed by atoms with Crippen molar-refractivity contribution in [3.8, 4) is 17.6 Å². The summed E-state index contributed by atoms with van der Waals surface area (Å²) >= 11 is 6.26. The number of carbonyl (C=O) groups excluding carboxylic acids is 1. The SMILES string of the molecule is CCC(=O)O.FC(F)Oc1cc2cc[nH]c2cc1Br.N#CCC(=O)c1cc2cc(OC(F)F)c(Br)cc2[nH]1. The number of aromatic amines is 2. The van der Waals surface area contributed by atoms with Gasteiger partial charge < -0.3 is 24.5 Å². The Kier molecular flexibility index (Phi) is 11.6. The van der Waals surface area contributed by atoms with Gasteiger partial charge in [-0.25, -0.2) is 0 Å². The molecule has 2 heterocycles. The van der Waals surface area contributed by atoms with Crippen molar-refractivity contribution in [2.75, 3.05) is 0 Å². The number of carboxylic acid groups (broad SMARTS) is 1. The molecule has 2 aromatic heterocycles. The second-order valence-electron chi connectivity index (χ2n) is 7.16. The molecule has 8 nitrogen and oxygen atoms in total. The molecule has 0 fully saturated rings. The standard InChI is InChI=1S/C12H7BrF2N2O2.C9H6BrF2NO.C3H6O2/c13-7-5-8-6(4-11(7)19-12(14)15)3-9(17-8)10(18)1-2-16;10-6-4-7-5(1-2-13-7)3-8(6)14-9(11)12;1-2-3(4)5/h3-5,12,17H,1H2;1-4,9,13H;2H2,1H3,(H,4,5). The molecule has 14 heteroatoms. The van der Waals surface area contributed by atoms with Crippen LogP contribution in [0.4, 0.5) is 17.6 Å². The molecule has 0 aliphatic carbocycles. The molecular weight excluding hydrogens is 646 g/mol. The number of rotatable bonds is 7. The highest BCUT2D eigenvalue weighted by atomic mass is 79.9. The van der Waals surface area contributed by atoms with Gasteiger partial charge in [-0.3, -0.25) is 9.59 Å². The lowest BCUT2D eigenvalue weighted by molar-refractivity contribution is -0.136. The van der Waals surface area contributed by atoms with Crippen molar-refractivity contribution >= 4 is 65.4 Å². The molecule has 0 spiro atoms. The number of H-pyrrole nitrogens is 2. The molecule has 4 aromatic rings. The van der Waals surface area contributed by atoms with E-state index in [1.165, 1.54) is 18.2 Å². The van der Waals surface area contributed by atoms with Crippen LogP contribution in [0, 0.1) is 11.3 Å². The van der Waals surface area contributed by atoms with Crippen molar-refractivity contribution in [2.45, 2.75) is 33.0 Å². The topological polar surface area (TPSA) is 128 Å². The average Bonchev–Trinajstić information content (AvgIpc) is 3.46. The van der Waals surface area contributed by atoms with Crippen LogP contribution in [0.25, 0.3) is 21.8 Å². The first kappa shape index (κ1) is 30.7. The Morgan fingerprint density at radius 2 is 1.50 bits per heavy atom. The maximum atomic E-state index is 12.2. The smallest absolute Gasteiger partial charge is 0.387 e. The Morgan fingerprint density at radius 1 is 0.974 bits per heavy atom. The fourth-order valence-electron chi connectivity index (χ4n) is 2.88. The Bertz CT molecular complexity index is 1450. The van der Waals surface area contributed by atoms with Crippen molar-refractivity contribution in [3.05, 3.63) is 57.2 Å². The van der Waals surface area contributed by atoms with Gasteiger partial charge in [0, 0.05) is 34.4 Å². The lowest BCUT2D eigenvalue weighted by Crippen LogP contribution is -2.02. The molecule has 4 rings (SSSR count). The van der Waals surface area contributed by atoms with Crippen molar-refractivity contribution in [1.29, 1.82) is 5.26 Å². The summed E-state index contributed by atoms with van der Waals surface area (Å²) in [6.07, 6.45) is 1.72. The van der Waals surface area contributed by atoms with Crippen LogP contribution in [0.5, 0.6) is 11.5 Å². The quantitative estimate of drug-likeness (QED) is 0.138. The Morgan fingerprint density at radius 3 is 2.00 bits per heavy atom. The van der Waals surface area contributed by atoms with E-state index >= 15 is 0 Å². The number of benzene rings is 2. The number of Topliss-reactive ketones (excluding diaryl/α,β-unsaturated/α-hetero) is 1. The fourth-order valence-corrected chi connectivity index (χ4v) is 3.75. The van der Waals surface area contributed by atoms with Gasteiger partial charge in [0.1, 0.15) is 17.9 Å². The molecule has 0 unspecified atom stereocenters. The molecule has 38 heavy (non-hydrogen) atoms. The van der Waals surface area contributed by atoms with Gasteiger partial charge in [0.05, 0.1) is 20.7 Å². The van der Waals surface area contributed by atoms with Gasteiger partial charge >= 0.3 is 19.2 Å². The number of nitrogens with one attached hydrogen (secondary N) is 2. The molecule has 0 amide bonds. The van der Waals surface area contributed by atoms with Gasteiger partial charge in [0.15, 0.2) is 5.78 Å². The number of carbonyl (C=O) groups is 2. The van der Waals surface area contributed by atoms with Crippen LogP contribution < -0.4 is 9.47 Å². The van der Waals surface area contributed by atoms with Crippen molar-refractivity contribution in [1.82, 2.24) is 9.97 Å². The minimum absolute atomic E-state index is 0.0132. The highest BCUT2D eigenvalue weighted by Gasteiger charge is 2.14. The zero-order valence-corrected chi connectivity index (χ0v) is 22.6. The number of aromatic nitrogens is 2. The van der Waals surface area contributed by atoms with E-state index in [1.807, 2.05) is 0 Å². The lowest BCUT2D eigenvalue weighted by atomic mass is 10.2. The van der Waals surface area contributed by atoms with E-state index in [9.17, 15) is 27.2 Å². The van der Waals surface area contributed by atoms with Crippen LogP contribution in [0.2, 0.25) is 0 Å². The number of hydrogen-bond donors (Lipinski definition) is 3. The highest BCUT2D eigenvalue weighted by molar-refractivity contribution is 9.11. The molecule has 0 atom stereocenters. The van der Waals surface area contributed by atoms with Gasteiger partial charge in [-0.15, -0.1) is 0 Å². The summed E-state index contributed by atoms with van der Waals surface area (Å²) in [4.78, 5) is 26.7. The second-order valence-corrected chi connectivity index (χ2v) is 8.87. The van der Waals surface area contributed by atoms with Crippen LogP contribution in [-0.2, 0) is 4.79 Å². The zero-order valence-electron chi connectivity index (χ0n) is 19.4. The average molecular weight is 665 g/mol. The molecule has 0 saturated heterocycles. The summed E-state index contributed by atoms with van der Waals surface area (Å²) < 4.78 is 57.9. The number of hydrogen-bond acceptors (Lipinski definition) is 5. The lowest BCUT2D eigenvalue weighted by Gasteiger charge is -2.06. The monoisotopic (exact) mass is 663 g/mol. The summed E-state index contributed by atoms with van der Waals surface area (Å²) in [6, 6.07) is 11.2. The third-order valence-corrected chi connectivity index (χ3v) is 5.79. The highest BCUT2D eigenvalue weighted by Crippen LogP contribution is 2.32. The van der Waals surface area contributed by atoms with E-state index in [-0.39, 0.29) is 35.8 Å². The van der Waals surface area contributed by atoms with Crippen molar-refractivity contribution < 1.29 is 41.7 Å². The third-order valence-electron chi connectivity index (χ3n) is 4.55. The number of aliphatic carboxylic acids is 1. The van der Waals surface area contributed by atoms with E-state index in [1.54, 1.807) is 37.4 Å². The van der Waals surface area contributed by atoms with Crippen LogP contribution in [-0.4, -0.2) is 40.1 Å². The summed E-state index contributed by atoms with van der Waals surface area (Å²) in [6.45, 7) is -4.13. The number of carboxylic acids is 1. The first-order chi connectivity index (χ1) is 17.9. The minimum atomic E-state index is -2.92. The number of ether oxygens (including phenoxy) is 2. The molecule has 202 valence electrons. The van der Waals surface area contributed by atoms with Gasteiger partial charge in [-0.1, -0.05) is 6.92 Å². The molecular formula is C24H19Br2F4N3O5. The summed E-state index contributed by atoms with van der Waals surface area (Å²) in [5.74, 6) is -0.968. The zero-order chi connectivity index (χ0) is 28.4. The molecule has 0 aliphatic heterocycles. The first-order valence-electron chi connectivity index (χ1n) is 10.6. The van der Waals surface area contributed by atoms with Gasteiger partial charge in [-0.05, 0) is 68.3 Å². The van der Waals surface area contributed by atoms with Gasteiger partial charge in [0.2, 0.25) is 0 Å². The van der Waals surface area contributed by atoms with Gasteiger partial charge in [0.25, 0.3) is 0 Å². The van der Waals surface area contributed by atoms with E-state index in [2.05, 4.69) is 51.3 Å². The van der Waals surface area contributed by atoms with E-state index in [0.717, 1.165) is 10.9 Å². The maximum Gasteiger partial charge on any atom is 0.387 e. The normalized spacial score (nSPS) is 10.4. The molecule has 0 aliphatic rings. The number of nitriles is 1. The Hall–Kier alpha value is -3.57. The Balaban J connectivity index is 0.000000234. The fraction of sp³-hybridized carbons (Fsp3) is 0.208. The Labute approximate surface area is 229 Å². The number of nitrogens with zero attached hydrogens (tertiary/aromatic N) is 1. The molecule has 0 radical (unpaired) electrons. The van der Waals surface area contributed by atoms with E-state index < -0.39 is 19.2 Å². The molecule has 0 bridgehead atoms. The van der Waals surface area contributed by atoms with Crippen molar-refractivity contribution in [3.63, 3.8) is 0 Å². The largest absolute Gasteiger partial charge is 0.481 e. The maximum absolute atomic E-state index is 12.2. The third kappa shape index (κ3) is 9.07. The summed E-state index contributed by atoms with van der Waals surface area (Å²) in [7, 11) is 0. The first-order valence-corrected chi connectivity index (χ1v) is 12.1. The van der Waals surface area contributed by atoms with Crippen LogP contribution >= 0.6 is 31.9 Å². The summed E-state index contributed by atoms with van der Waals surface area (Å²) in [5.41, 5.74) is 1.73. The molecule has 2 aromatic carbocycles. The minimum Gasteiger partial charge on any atom is -0.481 e. The number of fused-ring (bicyclic) bond motifs is 2. The van der Waals surface area contributed by atoms with E-state index in [4.69, 9.17) is 10.4 Å². The van der Waals surface area contributed by atoms with Gasteiger partial charge in [-0.2, -0.15) is 22.8 Å². The van der Waals surface area contributed by atoms with Crippen LogP contribution in [0.1, 0.15) is 30.3 Å². The molecule has 0 saturated carbocycles. The molecule has 3 N–H and O–H groups in total.